The van der Waals surface area contributed by atoms with Crippen LogP contribution in [0.5, 0.6) is 0 Å². The van der Waals surface area contributed by atoms with Gasteiger partial charge in [0.1, 0.15) is 9.28 Å². The minimum atomic E-state index is -0.483. The highest BCUT2D eigenvalue weighted by molar-refractivity contribution is 7.34. The summed E-state index contributed by atoms with van der Waals surface area (Å²) in [5.74, 6) is 0. The molecule has 1 rings (SSSR count). The Morgan fingerprint density at radius 2 is 1.87 bits per heavy atom. The van der Waals surface area contributed by atoms with Gasteiger partial charge in [0, 0.05) is 6.61 Å². The lowest BCUT2D eigenvalue weighted by Crippen LogP contribution is -2.56. The summed E-state index contributed by atoms with van der Waals surface area (Å²) in [7, 11) is -0.233. The van der Waals surface area contributed by atoms with Gasteiger partial charge >= 0.3 is 0 Å². The topological polar surface area (TPSA) is 12.5 Å². The van der Waals surface area contributed by atoms with Crippen LogP contribution in [0.3, 0.4) is 0 Å². The fraction of sp³-hybridized carbons (Fsp3) is 1.00. The van der Waals surface area contributed by atoms with E-state index in [0.717, 1.165) is 18.7 Å². The first-order valence-electron chi connectivity index (χ1n) is 6.55. The zero-order chi connectivity index (χ0) is 11.3. The van der Waals surface area contributed by atoms with Gasteiger partial charge in [-0.05, 0) is 31.0 Å². The molecule has 0 aromatic rings. The normalized spacial score (nSPS) is 29.8. The lowest BCUT2D eigenvalue weighted by molar-refractivity contribution is 0.259. The smallest absolute Gasteiger partial charge is 0.142 e. The van der Waals surface area contributed by atoms with Gasteiger partial charge in [0.25, 0.3) is 0 Å². The van der Waals surface area contributed by atoms with E-state index >= 15 is 0 Å². The molecule has 90 valence electrons. The first-order valence-corrected chi connectivity index (χ1v) is 15.7. The number of hydrogen-bond donors (Lipinski definition) is 0. The van der Waals surface area contributed by atoms with Crippen molar-refractivity contribution in [1.82, 2.24) is 4.57 Å². The van der Waals surface area contributed by atoms with Crippen LogP contribution in [0.1, 0.15) is 40.5 Å². The molecule has 0 amide bonds. The third-order valence-electron chi connectivity index (χ3n) is 3.81. The van der Waals surface area contributed by atoms with Gasteiger partial charge in [0.2, 0.25) is 0 Å². The molecular weight excluding hydrogens is 234 g/mol. The minimum Gasteiger partial charge on any atom is -0.428 e. The summed E-state index contributed by atoms with van der Waals surface area (Å²) < 4.78 is 8.65. The Morgan fingerprint density at radius 3 is 2.27 bits per heavy atom. The van der Waals surface area contributed by atoms with E-state index in [1.165, 1.54) is 18.9 Å². The van der Waals surface area contributed by atoms with Crippen LogP contribution in [0, 0.1) is 0 Å². The Kier molecular flexibility index (Phi) is 6.37. The van der Waals surface area contributed by atoms with Crippen molar-refractivity contribution in [2.24, 2.45) is 0 Å². The molecular formula is C10H27NOSi3. The molecule has 1 aliphatic rings. The minimum absolute atomic E-state index is 0.00205. The molecule has 0 aliphatic carbocycles. The van der Waals surface area contributed by atoms with Crippen molar-refractivity contribution in [3.05, 3.63) is 0 Å². The molecule has 1 aliphatic heterocycles. The summed E-state index contributed by atoms with van der Waals surface area (Å²) in [5.41, 5.74) is 0. The van der Waals surface area contributed by atoms with Crippen molar-refractivity contribution in [2.45, 2.75) is 58.7 Å². The third-order valence-corrected chi connectivity index (χ3v) is 22.2. The maximum atomic E-state index is 5.69. The van der Waals surface area contributed by atoms with Crippen molar-refractivity contribution in [2.75, 3.05) is 6.61 Å². The van der Waals surface area contributed by atoms with Crippen molar-refractivity contribution in [3.8, 4) is 0 Å². The summed E-state index contributed by atoms with van der Waals surface area (Å²) in [5, 5.41) is 0. The van der Waals surface area contributed by atoms with Gasteiger partial charge in [0.05, 0.1) is 17.0 Å². The monoisotopic (exact) mass is 261 g/mol. The molecule has 0 aromatic heterocycles. The molecule has 0 bridgehead atoms. The van der Waals surface area contributed by atoms with E-state index in [2.05, 4.69) is 32.3 Å². The number of rotatable bonds is 5. The molecule has 0 N–H and O–H groups in total. The summed E-state index contributed by atoms with van der Waals surface area (Å²) >= 11 is 0. The van der Waals surface area contributed by atoms with Crippen molar-refractivity contribution in [1.29, 1.82) is 0 Å². The van der Waals surface area contributed by atoms with Crippen LogP contribution in [0.15, 0.2) is 0 Å². The Bertz CT molecular complexity index is 166. The molecule has 1 fully saturated rings. The van der Waals surface area contributed by atoms with Crippen LogP contribution in [-0.2, 0) is 4.43 Å². The Hall–Kier alpha value is 0.571. The van der Waals surface area contributed by atoms with Crippen LogP contribution < -0.4 is 0 Å². The Morgan fingerprint density at radius 1 is 1.27 bits per heavy atom. The SMILES string of the molecule is CCC(C)N(C(C)CC)[SiH]1CCO[SiH2][SiH2]1. The predicted molar refractivity (Wildman–Crippen MR) is 76.3 cm³/mol. The van der Waals surface area contributed by atoms with Crippen LogP contribution >= 0.6 is 0 Å². The van der Waals surface area contributed by atoms with Gasteiger partial charge in [-0.2, -0.15) is 0 Å². The van der Waals surface area contributed by atoms with Crippen LogP contribution in [0.25, 0.3) is 0 Å². The van der Waals surface area contributed by atoms with Gasteiger partial charge in [-0.25, -0.2) is 0 Å². The zero-order valence-corrected chi connectivity index (χ0v) is 14.8. The van der Waals surface area contributed by atoms with Gasteiger partial charge in [0.15, 0.2) is 0 Å². The summed E-state index contributed by atoms with van der Waals surface area (Å²) in [6.45, 7) is 10.7. The first kappa shape index (κ1) is 13.6. The van der Waals surface area contributed by atoms with Gasteiger partial charge in [-0.1, -0.05) is 27.7 Å². The van der Waals surface area contributed by atoms with Crippen LogP contribution in [-0.4, -0.2) is 49.6 Å². The number of nitrogens with zero attached hydrogens (tertiary/aromatic N) is 1. The van der Waals surface area contributed by atoms with Crippen molar-refractivity contribution in [3.63, 3.8) is 0 Å². The molecule has 5 heteroatoms. The second-order valence-electron chi connectivity index (χ2n) is 4.81. The van der Waals surface area contributed by atoms with Gasteiger partial charge in [-0.15, -0.1) is 0 Å². The fourth-order valence-corrected chi connectivity index (χ4v) is 22.5. The number of hydrogen-bond acceptors (Lipinski definition) is 2. The van der Waals surface area contributed by atoms with E-state index in [0.29, 0.717) is 0 Å². The molecule has 0 radical (unpaired) electrons. The lowest BCUT2D eigenvalue weighted by Gasteiger charge is -2.41. The highest BCUT2D eigenvalue weighted by Crippen LogP contribution is 2.16. The van der Waals surface area contributed by atoms with E-state index in [1.54, 1.807) is 0 Å². The van der Waals surface area contributed by atoms with Gasteiger partial charge < -0.3 is 8.99 Å². The van der Waals surface area contributed by atoms with Crippen molar-refractivity contribution < 1.29 is 4.43 Å². The molecule has 1 saturated heterocycles. The third kappa shape index (κ3) is 3.81. The molecule has 2 nitrogen and oxygen atoms in total. The van der Waals surface area contributed by atoms with E-state index in [9.17, 15) is 0 Å². The first-order chi connectivity index (χ1) is 7.20. The molecule has 3 atom stereocenters. The maximum Gasteiger partial charge on any atom is 0.142 e. The maximum absolute atomic E-state index is 5.69. The van der Waals surface area contributed by atoms with E-state index in [4.69, 9.17) is 4.43 Å². The summed E-state index contributed by atoms with van der Waals surface area (Å²) in [6, 6.07) is 3.11. The molecule has 0 saturated carbocycles. The average Bonchev–Trinajstić information content (AvgIpc) is 2.30. The molecule has 0 spiro atoms. The zero-order valence-electron chi connectivity index (χ0n) is 10.8. The Labute approximate surface area is 101 Å². The fourth-order valence-electron chi connectivity index (χ4n) is 2.56. The molecule has 3 unspecified atom stereocenters. The molecule has 15 heavy (non-hydrogen) atoms. The second kappa shape index (κ2) is 7.01. The van der Waals surface area contributed by atoms with Crippen molar-refractivity contribution >= 4 is 26.3 Å². The van der Waals surface area contributed by atoms with E-state index in [1.807, 2.05) is 0 Å². The predicted octanol–water partition coefficient (Wildman–Crippen LogP) is 0.304. The largest absolute Gasteiger partial charge is 0.428 e. The lowest BCUT2D eigenvalue weighted by atomic mass is 10.2. The highest BCUT2D eigenvalue weighted by atomic mass is 29.6. The highest BCUT2D eigenvalue weighted by Gasteiger charge is 2.29. The van der Waals surface area contributed by atoms with E-state index < -0.39 is 8.48 Å². The van der Waals surface area contributed by atoms with E-state index in [-0.39, 0.29) is 17.8 Å². The second-order valence-corrected chi connectivity index (χ2v) is 19.7. The van der Waals surface area contributed by atoms with Crippen LogP contribution in [0.2, 0.25) is 6.04 Å². The summed E-state index contributed by atoms with van der Waals surface area (Å²) in [4.78, 5) is 0. The quantitative estimate of drug-likeness (QED) is 0.660. The van der Waals surface area contributed by atoms with Gasteiger partial charge in [-0.3, -0.25) is 0 Å². The summed E-state index contributed by atoms with van der Waals surface area (Å²) in [6.07, 6.45) is 2.65. The molecule has 0 aromatic carbocycles. The average molecular weight is 262 g/mol. The molecule has 1 heterocycles. The van der Waals surface area contributed by atoms with Crippen LogP contribution in [0.4, 0.5) is 0 Å². The Balaban J connectivity index is 2.60. The standard InChI is InChI=1S/C10H27NOSi3/c1-5-9(3)11(10(4)6-2)15-8-7-12-13-14-15/h9-10,15H,5-8,13-14H2,1-4H3.